The van der Waals surface area contributed by atoms with Crippen LogP contribution >= 0.6 is 24.2 Å². The van der Waals surface area contributed by atoms with Crippen molar-refractivity contribution in [1.82, 2.24) is 15.5 Å². The average molecular weight is 340 g/mol. The highest BCUT2D eigenvalue weighted by atomic mass is 35.5. The molecule has 1 rings (SSSR count). The van der Waals surface area contributed by atoms with E-state index in [2.05, 4.69) is 17.6 Å². The van der Waals surface area contributed by atoms with Gasteiger partial charge in [0, 0.05) is 26.2 Å². The maximum Gasteiger partial charge on any atom is 0.232 e. The molecule has 0 aliphatic carbocycles. The van der Waals surface area contributed by atoms with Crippen LogP contribution in [-0.2, 0) is 14.3 Å². The van der Waals surface area contributed by atoms with Crippen molar-refractivity contribution in [2.24, 2.45) is 0 Å². The van der Waals surface area contributed by atoms with E-state index in [9.17, 15) is 9.59 Å². The van der Waals surface area contributed by atoms with Gasteiger partial charge in [0.1, 0.15) is 0 Å². The summed E-state index contributed by atoms with van der Waals surface area (Å²) in [6, 6.07) is 0. The number of ether oxygens (including phenoxy) is 1. The Labute approximate surface area is 137 Å². The summed E-state index contributed by atoms with van der Waals surface area (Å²) < 4.78 is 5.19. The van der Waals surface area contributed by atoms with E-state index in [1.54, 1.807) is 4.90 Å². The number of hydrogen-bond donors (Lipinski definition) is 2. The minimum atomic E-state index is -0.0110. The van der Waals surface area contributed by atoms with Crippen molar-refractivity contribution in [3.8, 4) is 0 Å². The lowest BCUT2D eigenvalue weighted by Crippen LogP contribution is -2.41. The Balaban J connectivity index is 0.00000400. The Kier molecular flexibility index (Phi) is 12.9. The van der Waals surface area contributed by atoms with Crippen molar-refractivity contribution >= 4 is 36.0 Å². The maximum atomic E-state index is 11.8. The molecule has 1 aliphatic heterocycles. The largest absolute Gasteiger partial charge is 0.378 e. The molecule has 1 aliphatic rings. The Morgan fingerprint density at radius 2 is 1.86 bits per heavy atom. The molecule has 1 fully saturated rings. The molecular formula is C13H26ClN3O3S. The number of nitrogens with one attached hydrogen (secondary N) is 2. The summed E-state index contributed by atoms with van der Waals surface area (Å²) >= 11 is 1.37. The molecule has 0 atom stereocenters. The van der Waals surface area contributed by atoms with E-state index >= 15 is 0 Å². The number of thioether (sulfide) groups is 1. The summed E-state index contributed by atoms with van der Waals surface area (Å²) in [7, 11) is 0. The summed E-state index contributed by atoms with van der Waals surface area (Å²) in [5.74, 6) is 0.782. The third kappa shape index (κ3) is 9.95. The fourth-order valence-corrected chi connectivity index (χ4v) is 2.52. The molecule has 124 valence electrons. The summed E-state index contributed by atoms with van der Waals surface area (Å²) in [6.45, 7) is 7.05. The van der Waals surface area contributed by atoms with Crippen molar-refractivity contribution in [2.75, 3.05) is 57.4 Å². The highest BCUT2D eigenvalue weighted by molar-refractivity contribution is 8.00. The number of hydrogen-bond acceptors (Lipinski definition) is 5. The zero-order chi connectivity index (χ0) is 14.6. The smallest absolute Gasteiger partial charge is 0.232 e. The first-order valence-electron chi connectivity index (χ1n) is 7.14. The van der Waals surface area contributed by atoms with Crippen LogP contribution in [0.2, 0.25) is 0 Å². The molecule has 6 nitrogen and oxygen atoms in total. The lowest BCUT2D eigenvalue weighted by Gasteiger charge is -2.26. The molecule has 0 bridgehead atoms. The number of carbonyl (C=O) groups excluding carboxylic acids is 2. The average Bonchev–Trinajstić information content (AvgIpc) is 2.48. The van der Waals surface area contributed by atoms with E-state index in [0.717, 1.165) is 19.5 Å². The Bertz CT molecular complexity index is 302. The summed E-state index contributed by atoms with van der Waals surface area (Å²) in [4.78, 5) is 25.1. The topological polar surface area (TPSA) is 70.7 Å². The predicted molar refractivity (Wildman–Crippen MR) is 88.1 cm³/mol. The van der Waals surface area contributed by atoms with Gasteiger partial charge in [-0.05, 0) is 13.0 Å². The molecule has 1 saturated heterocycles. The van der Waals surface area contributed by atoms with Gasteiger partial charge in [-0.2, -0.15) is 0 Å². The molecule has 8 heteroatoms. The third-order valence-corrected chi connectivity index (χ3v) is 3.79. The number of rotatable bonds is 9. The fraction of sp³-hybridized carbons (Fsp3) is 0.846. The van der Waals surface area contributed by atoms with Gasteiger partial charge < -0.3 is 20.3 Å². The first-order valence-corrected chi connectivity index (χ1v) is 8.30. The normalized spacial score (nSPS) is 14.4. The Morgan fingerprint density at radius 3 is 2.52 bits per heavy atom. The first-order chi connectivity index (χ1) is 9.74. The fourth-order valence-electron chi connectivity index (χ4n) is 1.78. The highest BCUT2D eigenvalue weighted by Gasteiger charge is 2.16. The minimum absolute atomic E-state index is 0. The van der Waals surface area contributed by atoms with E-state index in [1.165, 1.54) is 11.8 Å². The van der Waals surface area contributed by atoms with Gasteiger partial charge in [-0.25, -0.2) is 0 Å². The van der Waals surface area contributed by atoms with Crippen molar-refractivity contribution in [1.29, 1.82) is 0 Å². The lowest BCUT2D eigenvalue weighted by atomic mass is 10.4. The van der Waals surface area contributed by atoms with Crippen LogP contribution in [0.15, 0.2) is 0 Å². The SMILES string of the molecule is CCCNCCNC(=O)CSCC(=O)N1CCOCC1.Cl. The quantitative estimate of drug-likeness (QED) is 0.584. The van der Waals surface area contributed by atoms with Crippen LogP contribution in [0.4, 0.5) is 0 Å². The summed E-state index contributed by atoms with van der Waals surface area (Å²) in [5.41, 5.74) is 0. The number of amides is 2. The van der Waals surface area contributed by atoms with Crippen molar-refractivity contribution in [3.05, 3.63) is 0 Å². The van der Waals surface area contributed by atoms with Crippen LogP contribution in [-0.4, -0.2) is 74.2 Å². The van der Waals surface area contributed by atoms with Gasteiger partial charge in [-0.1, -0.05) is 6.92 Å². The van der Waals surface area contributed by atoms with Gasteiger partial charge in [0.2, 0.25) is 11.8 Å². The zero-order valence-corrected chi connectivity index (χ0v) is 14.2. The van der Waals surface area contributed by atoms with E-state index < -0.39 is 0 Å². The van der Waals surface area contributed by atoms with Gasteiger partial charge in [-0.15, -0.1) is 24.2 Å². The first kappa shape index (κ1) is 20.5. The van der Waals surface area contributed by atoms with Gasteiger partial charge in [0.15, 0.2) is 0 Å². The molecule has 21 heavy (non-hydrogen) atoms. The monoisotopic (exact) mass is 339 g/mol. The summed E-state index contributed by atoms with van der Waals surface area (Å²) in [6.07, 6.45) is 1.09. The molecule has 2 amide bonds. The molecule has 0 saturated carbocycles. The number of halogens is 1. The van der Waals surface area contributed by atoms with Crippen LogP contribution in [0.25, 0.3) is 0 Å². The number of carbonyl (C=O) groups is 2. The van der Waals surface area contributed by atoms with Gasteiger partial charge in [-0.3, -0.25) is 9.59 Å². The van der Waals surface area contributed by atoms with E-state index in [0.29, 0.717) is 44.4 Å². The molecule has 0 unspecified atom stereocenters. The van der Waals surface area contributed by atoms with E-state index in [1.807, 2.05) is 0 Å². The van der Waals surface area contributed by atoms with Crippen LogP contribution in [0.1, 0.15) is 13.3 Å². The minimum Gasteiger partial charge on any atom is -0.378 e. The zero-order valence-electron chi connectivity index (χ0n) is 12.6. The predicted octanol–water partition coefficient (Wildman–Crippen LogP) is 0.116. The molecule has 0 aromatic carbocycles. The molecule has 0 spiro atoms. The molecule has 0 aromatic rings. The lowest BCUT2D eigenvalue weighted by molar-refractivity contribution is -0.132. The second kappa shape index (κ2) is 13.2. The standard InChI is InChI=1S/C13H25N3O3S.ClH/c1-2-3-14-4-5-15-12(17)10-20-11-13(18)16-6-8-19-9-7-16;/h14H,2-11H2,1H3,(H,15,17);1H. The number of morpholine rings is 1. The highest BCUT2D eigenvalue weighted by Crippen LogP contribution is 2.04. The van der Waals surface area contributed by atoms with Crippen LogP contribution in [0.3, 0.4) is 0 Å². The van der Waals surface area contributed by atoms with Crippen LogP contribution in [0.5, 0.6) is 0 Å². The molecule has 1 heterocycles. The third-order valence-electron chi connectivity index (χ3n) is 2.87. The van der Waals surface area contributed by atoms with Gasteiger partial charge in [0.25, 0.3) is 0 Å². The van der Waals surface area contributed by atoms with Crippen molar-refractivity contribution in [2.45, 2.75) is 13.3 Å². The van der Waals surface area contributed by atoms with Gasteiger partial charge in [0.05, 0.1) is 24.7 Å². The van der Waals surface area contributed by atoms with E-state index in [4.69, 9.17) is 4.74 Å². The maximum absolute atomic E-state index is 11.8. The molecule has 2 N–H and O–H groups in total. The van der Waals surface area contributed by atoms with Gasteiger partial charge >= 0.3 is 0 Å². The Hall–Kier alpha value is -0.500. The van der Waals surface area contributed by atoms with Crippen molar-refractivity contribution in [3.63, 3.8) is 0 Å². The molecule has 0 radical (unpaired) electrons. The molecular weight excluding hydrogens is 314 g/mol. The van der Waals surface area contributed by atoms with Crippen LogP contribution < -0.4 is 10.6 Å². The van der Waals surface area contributed by atoms with Crippen molar-refractivity contribution < 1.29 is 14.3 Å². The van der Waals surface area contributed by atoms with E-state index in [-0.39, 0.29) is 24.2 Å². The Morgan fingerprint density at radius 1 is 1.14 bits per heavy atom. The second-order valence-electron chi connectivity index (χ2n) is 4.59. The second-order valence-corrected chi connectivity index (χ2v) is 5.57. The molecule has 0 aromatic heterocycles. The van der Waals surface area contributed by atoms with Crippen LogP contribution in [0, 0.1) is 0 Å². The summed E-state index contributed by atoms with van der Waals surface area (Å²) in [5, 5.41) is 6.04. The number of nitrogens with zero attached hydrogens (tertiary/aromatic N) is 1.